The Bertz CT molecular complexity index is 791. The number of nitriles is 1. The van der Waals surface area contributed by atoms with E-state index in [1.54, 1.807) is 7.11 Å². The molecule has 1 aromatic heterocycles. The minimum atomic E-state index is 0.455. The molecule has 3 rings (SSSR count). The second kappa shape index (κ2) is 7.47. The van der Waals surface area contributed by atoms with Crippen LogP contribution in [0.4, 0.5) is 5.13 Å². The molecule has 0 unspecified atom stereocenters. The molecule has 0 amide bonds. The fourth-order valence-electron chi connectivity index (χ4n) is 2.91. The average molecular weight is 340 g/mol. The van der Waals surface area contributed by atoms with Crippen LogP contribution in [-0.2, 0) is 6.42 Å². The summed E-state index contributed by atoms with van der Waals surface area (Å²) in [6, 6.07) is 10.4. The highest BCUT2D eigenvalue weighted by atomic mass is 32.1. The molecular weight excluding hydrogens is 320 g/mol. The number of benzene rings is 1. The summed E-state index contributed by atoms with van der Waals surface area (Å²) in [5.74, 6) is 0.892. The maximum atomic E-state index is 9.24. The molecule has 1 aromatic carbocycles. The lowest BCUT2D eigenvalue weighted by molar-refractivity contribution is 0.308. The molecule has 0 radical (unpaired) electrons. The van der Waals surface area contributed by atoms with E-state index < -0.39 is 0 Å². The van der Waals surface area contributed by atoms with Gasteiger partial charge in [-0.1, -0.05) is 29.5 Å². The zero-order valence-electron chi connectivity index (χ0n) is 13.7. The lowest BCUT2D eigenvalue weighted by Gasteiger charge is -2.26. The molecule has 0 saturated heterocycles. The summed E-state index contributed by atoms with van der Waals surface area (Å²) in [5, 5.41) is 9.70. The van der Waals surface area contributed by atoms with E-state index in [1.807, 2.05) is 12.1 Å². The van der Waals surface area contributed by atoms with E-state index in [4.69, 9.17) is 10.5 Å². The lowest BCUT2D eigenvalue weighted by atomic mass is 10.0. The van der Waals surface area contributed by atoms with Crippen LogP contribution in [0.25, 0.3) is 5.57 Å². The summed E-state index contributed by atoms with van der Waals surface area (Å²) in [6.45, 7) is 2.79. The Labute approximate surface area is 146 Å². The number of hydrogen-bond donors (Lipinski definition) is 1. The number of thiazole rings is 1. The molecule has 0 atom stereocenters. The van der Waals surface area contributed by atoms with Crippen molar-refractivity contribution in [3.8, 4) is 11.8 Å². The average Bonchev–Trinajstić information content (AvgIpc) is 3.01. The summed E-state index contributed by atoms with van der Waals surface area (Å²) in [4.78, 5) is 7.34. The summed E-state index contributed by atoms with van der Waals surface area (Å²) in [6.07, 6.45) is 4.11. The van der Waals surface area contributed by atoms with Gasteiger partial charge in [0.25, 0.3) is 0 Å². The van der Waals surface area contributed by atoms with E-state index in [0.29, 0.717) is 10.0 Å². The minimum Gasteiger partial charge on any atom is -0.497 e. The summed E-state index contributed by atoms with van der Waals surface area (Å²) >= 11 is 1.26. The normalized spacial score (nSPS) is 14.9. The summed E-state index contributed by atoms with van der Waals surface area (Å²) < 4.78 is 5.28. The zero-order valence-corrected chi connectivity index (χ0v) is 14.5. The largest absolute Gasteiger partial charge is 0.497 e. The number of nitrogens with zero attached hydrogens (tertiary/aromatic N) is 3. The Balaban J connectivity index is 1.65. The molecule has 5 nitrogen and oxygen atoms in total. The van der Waals surface area contributed by atoms with E-state index in [1.165, 1.54) is 16.9 Å². The number of anilines is 1. The molecule has 0 saturated carbocycles. The fraction of sp³-hybridized carbons (Fsp3) is 0.333. The van der Waals surface area contributed by atoms with Crippen LogP contribution >= 0.6 is 11.3 Å². The highest BCUT2D eigenvalue weighted by molar-refractivity contribution is 7.16. The smallest absolute Gasteiger partial charge is 0.181 e. The Morgan fingerprint density at radius 3 is 3.12 bits per heavy atom. The van der Waals surface area contributed by atoms with Crippen molar-refractivity contribution in [1.82, 2.24) is 9.88 Å². The molecule has 2 aromatic rings. The number of rotatable bonds is 5. The van der Waals surface area contributed by atoms with E-state index in [-0.39, 0.29) is 0 Å². The highest BCUT2D eigenvalue weighted by Crippen LogP contribution is 2.28. The van der Waals surface area contributed by atoms with Gasteiger partial charge in [0.05, 0.1) is 12.8 Å². The van der Waals surface area contributed by atoms with E-state index >= 15 is 0 Å². The quantitative estimate of drug-likeness (QED) is 0.906. The molecule has 2 heterocycles. The van der Waals surface area contributed by atoms with Crippen molar-refractivity contribution in [2.45, 2.75) is 12.8 Å². The van der Waals surface area contributed by atoms with Crippen molar-refractivity contribution >= 4 is 22.0 Å². The Morgan fingerprint density at radius 1 is 1.46 bits per heavy atom. The van der Waals surface area contributed by atoms with Gasteiger partial charge in [-0.2, -0.15) is 5.26 Å². The first-order chi connectivity index (χ1) is 11.7. The van der Waals surface area contributed by atoms with Gasteiger partial charge >= 0.3 is 0 Å². The molecule has 24 heavy (non-hydrogen) atoms. The highest BCUT2D eigenvalue weighted by Gasteiger charge is 2.19. The van der Waals surface area contributed by atoms with Crippen molar-refractivity contribution in [2.24, 2.45) is 0 Å². The molecule has 1 aliphatic heterocycles. The van der Waals surface area contributed by atoms with E-state index in [9.17, 15) is 5.26 Å². The molecular formula is C18H20N4OS. The Morgan fingerprint density at radius 2 is 2.33 bits per heavy atom. The number of nitrogens with two attached hydrogens (primary N) is 1. The van der Waals surface area contributed by atoms with Crippen LogP contribution in [0.3, 0.4) is 0 Å². The van der Waals surface area contributed by atoms with Crippen LogP contribution in [-0.4, -0.2) is 36.6 Å². The van der Waals surface area contributed by atoms with Crippen molar-refractivity contribution < 1.29 is 4.74 Å². The van der Waals surface area contributed by atoms with Gasteiger partial charge in [-0.05, 0) is 36.1 Å². The zero-order chi connectivity index (χ0) is 16.9. The maximum absolute atomic E-state index is 9.24. The molecule has 0 aliphatic carbocycles. The van der Waals surface area contributed by atoms with Gasteiger partial charge in [0.2, 0.25) is 0 Å². The van der Waals surface area contributed by atoms with E-state index in [2.05, 4.69) is 34.2 Å². The van der Waals surface area contributed by atoms with Gasteiger partial charge in [-0.3, -0.25) is 4.90 Å². The summed E-state index contributed by atoms with van der Waals surface area (Å²) in [7, 11) is 1.69. The first-order valence-corrected chi connectivity index (χ1v) is 8.72. The summed E-state index contributed by atoms with van der Waals surface area (Å²) in [5.41, 5.74) is 8.89. The van der Waals surface area contributed by atoms with Crippen LogP contribution in [0.2, 0.25) is 0 Å². The first kappa shape index (κ1) is 16.5. The Kier molecular flexibility index (Phi) is 5.14. The molecule has 0 spiro atoms. The van der Waals surface area contributed by atoms with Gasteiger partial charge in [0.1, 0.15) is 16.7 Å². The SMILES string of the molecule is COc1cccc(CCN2CCC=C(c3nc(N)sc3C#N)C2)c1. The van der Waals surface area contributed by atoms with Gasteiger partial charge < -0.3 is 10.5 Å². The number of ether oxygens (including phenoxy) is 1. The van der Waals surface area contributed by atoms with Crippen molar-refractivity contribution in [3.05, 3.63) is 46.5 Å². The second-order valence-corrected chi connectivity index (χ2v) is 6.77. The van der Waals surface area contributed by atoms with Crippen LogP contribution in [0.5, 0.6) is 5.75 Å². The standard InChI is InChI=1S/C18H20N4OS/c1-23-15-6-2-4-13(10-15)7-9-22-8-3-5-14(12-22)17-16(11-19)24-18(20)21-17/h2,4-6,10H,3,7-9,12H2,1H3,(H2,20,21). The van der Waals surface area contributed by atoms with Gasteiger partial charge in [0, 0.05) is 19.6 Å². The third kappa shape index (κ3) is 3.75. The van der Waals surface area contributed by atoms with Crippen LogP contribution < -0.4 is 10.5 Å². The Hall–Kier alpha value is -2.36. The molecule has 0 bridgehead atoms. The van der Waals surface area contributed by atoms with Gasteiger partial charge in [-0.25, -0.2) is 4.98 Å². The monoisotopic (exact) mass is 340 g/mol. The molecule has 124 valence electrons. The number of methoxy groups -OCH3 is 1. The molecule has 6 heteroatoms. The predicted octanol–water partition coefficient (Wildman–Crippen LogP) is 2.94. The van der Waals surface area contributed by atoms with Crippen LogP contribution in [0, 0.1) is 11.3 Å². The van der Waals surface area contributed by atoms with Crippen molar-refractivity contribution in [3.63, 3.8) is 0 Å². The number of nitrogen functional groups attached to an aromatic ring is 1. The molecule has 2 N–H and O–H groups in total. The van der Waals surface area contributed by atoms with Crippen LogP contribution in [0.15, 0.2) is 30.3 Å². The first-order valence-electron chi connectivity index (χ1n) is 7.90. The van der Waals surface area contributed by atoms with Crippen molar-refractivity contribution in [1.29, 1.82) is 5.26 Å². The van der Waals surface area contributed by atoms with Gasteiger partial charge in [0.15, 0.2) is 5.13 Å². The van der Waals surface area contributed by atoms with Gasteiger partial charge in [-0.15, -0.1) is 0 Å². The number of aromatic nitrogens is 1. The predicted molar refractivity (Wildman–Crippen MR) is 97.0 cm³/mol. The third-order valence-corrected chi connectivity index (χ3v) is 4.92. The fourth-order valence-corrected chi connectivity index (χ4v) is 3.58. The topological polar surface area (TPSA) is 75.2 Å². The van der Waals surface area contributed by atoms with E-state index in [0.717, 1.165) is 49.5 Å². The van der Waals surface area contributed by atoms with Crippen molar-refractivity contribution in [2.75, 3.05) is 32.5 Å². The maximum Gasteiger partial charge on any atom is 0.181 e. The lowest BCUT2D eigenvalue weighted by Crippen LogP contribution is -2.31. The minimum absolute atomic E-state index is 0.455. The molecule has 0 fully saturated rings. The van der Waals surface area contributed by atoms with Crippen LogP contribution in [0.1, 0.15) is 22.6 Å². The third-order valence-electron chi connectivity index (χ3n) is 4.13. The number of hydrogen-bond acceptors (Lipinski definition) is 6. The second-order valence-electron chi connectivity index (χ2n) is 5.74. The molecule has 1 aliphatic rings.